The Bertz CT molecular complexity index is 1670. The van der Waals surface area contributed by atoms with Crippen LogP contribution in [0.1, 0.15) is 85.8 Å². The number of esters is 5. The molecule has 2 N–H and O–H groups in total. The molecule has 1 saturated heterocycles. The molecule has 266 valence electrons. The molecule has 4 aliphatic carbocycles. The molecule has 1 aromatic heterocycles. The van der Waals surface area contributed by atoms with Crippen LogP contribution in [0.15, 0.2) is 45.8 Å². The number of cyclic esters (lactones) is 1. The molecule has 0 aromatic carbocycles. The Morgan fingerprint density at radius 1 is 1.04 bits per heavy atom. The summed E-state index contributed by atoms with van der Waals surface area (Å²) >= 11 is 0. The predicted molar refractivity (Wildman–Crippen MR) is 167 cm³/mol. The van der Waals surface area contributed by atoms with Crippen molar-refractivity contribution in [2.24, 2.45) is 28.1 Å². The molecular weight excluding hydrogens is 640 g/mol. The van der Waals surface area contributed by atoms with E-state index in [1.54, 1.807) is 26.8 Å². The Morgan fingerprint density at radius 3 is 2.29 bits per heavy atom. The molecule has 49 heavy (non-hydrogen) atoms. The van der Waals surface area contributed by atoms with Gasteiger partial charge >= 0.3 is 29.8 Å². The summed E-state index contributed by atoms with van der Waals surface area (Å²) in [6.07, 6.45) is -0.907. The van der Waals surface area contributed by atoms with E-state index in [1.807, 2.05) is 6.92 Å². The summed E-state index contributed by atoms with van der Waals surface area (Å²) in [7, 11) is 1.25. The highest BCUT2D eigenvalue weighted by Gasteiger charge is 2.90. The minimum atomic E-state index is -2.48. The van der Waals surface area contributed by atoms with Gasteiger partial charge < -0.3 is 38.3 Å². The minimum absolute atomic E-state index is 0.108. The van der Waals surface area contributed by atoms with E-state index in [9.17, 15) is 34.2 Å². The van der Waals surface area contributed by atoms with Crippen molar-refractivity contribution in [2.75, 3.05) is 7.11 Å². The largest absolute Gasteiger partial charge is 0.472 e. The number of carbonyl (C=O) groups excluding carboxylic acids is 5. The average Bonchev–Trinajstić information content (AvgIpc) is 3.68. The van der Waals surface area contributed by atoms with Crippen LogP contribution in [0.5, 0.6) is 0 Å². The van der Waals surface area contributed by atoms with Crippen molar-refractivity contribution in [3.63, 3.8) is 0 Å². The van der Waals surface area contributed by atoms with Crippen LogP contribution in [0.3, 0.4) is 0 Å². The Kier molecular flexibility index (Phi) is 8.03. The highest BCUT2D eigenvalue weighted by Crippen LogP contribution is 2.81. The second-order valence-corrected chi connectivity index (χ2v) is 15.0. The second kappa shape index (κ2) is 11.3. The van der Waals surface area contributed by atoms with Crippen LogP contribution < -0.4 is 0 Å². The van der Waals surface area contributed by atoms with E-state index >= 15 is 0 Å². The lowest BCUT2D eigenvalue weighted by Gasteiger charge is -2.68. The Hall–Kier alpha value is -3.97. The van der Waals surface area contributed by atoms with Crippen molar-refractivity contribution in [3.8, 4) is 0 Å². The van der Waals surface area contributed by atoms with Crippen molar-refractivity contribution in [1.82, 2.24) is 0 Å². The van der Waals surface area contributed by atoms with E-state index in [0.717, 1.165) is 13.8 Å². The summed E-state index contributed by atoms with van der Waals surface area (Å²) in [5, 5.41) is 26.3. The average molecular weight is 685 g/mol. The Labute approximate surface area is 283 Å². The van der Waals surface area contributed by atoms with Gasteiger partial charge in [-0.25, -0.2) is 9.59 Å². The van der Waals surface area contributed by atoms with Gasteiger partial charge in [0.05, 0.1) is 19.6 Å². The number of ether oxygens (including phenoxy) is 5. The van der Waals surface area contributed by atoms with E-state index in [0.29, 0.717) is 18.4 Å². The summed E-state index contributed by atoms with van der Waals surface area (Å²) < 4.78 is 34.2. The standard InChI is InChI=1S/C36H44O13/c1-9-17(2)29(40)49-31-33(6)16-35(42)34(7,22(33)14-23(39)44-8)21-10-12-32(5)25(24(21)28(36(31,35)43)47-19(4)38)26(46-18(3)37)30(41)48-27(32)20-11-13-45-15-20/h9,11,13,15,21-22,26-28,31,42-43H,10,12,14,16H2,1-8H3/b17-9+/t21?,22-,26+,27-,28-,31-,32+,33+,34-,35-,36-/m0/s1. The van der Waals surface area contributed by atoms with Gasteiger partial charge in [-0.1, -0.05) is 26.8 Å². The van der Waals surface area contributed by atoms with Crippen LogP contribution in [-0.2, 0) is 47.7 Å². The maximum Gasteiger partial charge on any atom is 0.352 e. The fraction of sp³-hybridized carbons (Fsp3) is 0.639. The third kappa shape index (κ3) is 4.40. The molecule has 13 heteroatoms. The van der Waals surface area contributed by atoms with Gasteiger partial charge in [-0.2, -0.15) is 0 Å². The van der Waals surface area contributed by atoms with E-state index in [-0.39, 0.29) is 29.6 Å². The van der Waals surface area contributed by atoms with Crippen LogP contribution in [0.25, 0.3) is 0 Å². The van der Waals surface area contributed by atoms with E-state index in [2.05, 4.69) is 0 Å². The zero-order chi connectivity index (χ0) is 36.1. The van der Waals surface area contributed by atoms with Gasteiger partial charge in [0, 0.05) is 47.6 Å². The molecule has 6 rings (SSSR count). The molecule has 4 fully saturated rings. The summed E-state index contributed by atoms with van der Waals surface area (Å²) in [4.78, 5) is 66.0. The third-order valence-electron chi connectivity index (χ3n) is 12.6. The number of hydrogen-bond donors (Lipinski definition) is 2. The molecule has 2 bridgehead atoms. The van der Waals surface area contributed by atoms with Crippen LogP contribution in [0, 0.1) is 28.1 Å². The number of fused-ring (bicyclic) bond motifs is 4. The van der Waals surface area contributed by atoms with Gasteiger partial charge in [0.15, 0.2) is 11.7 Å². The molecule has 13 nitrogen and oxygen atoms in total. The second-order valence-electron chi connectivity index (χ2n) is 15.0. The molecule has 1 aliphatic heterocycles. The molecular formula is C36H44O13. The van der Waals surface area contributed by atoms with Crippen LogP contribution in [0.2, 0.25) is 0 Å². The van der Waals surface area contributed by atoms with Crippen molar-refractivity contribution >= 4 is 29.8 Å². The number of hydrogen-bond acceptors (Lipinski definition) is 13. The molecule has 0 spiro atoms. The van der Waals surface area contributed by atoms with Gasteiger partial charge in [-0.05, 0) is 62.2 Å². The van der Waals surface area contributed by atoms with Gasteiger partial charge in [-0.3, -0.25) is 14.4 Å². The van der Waals surface area contributed by atoms with E-state index in [4.69, 9.17) is 28.1 Å². The molecule has 5 aliphatic rings. The smallest absolute Gasteiger partial charge is 0.352 e. The van der Waals surface area contributed by atoms with Gasteiger partial charge in [-0.15, -0.1) is 0 Å². The monoisotopic (exact) mass is 684 g/mol. The third-order valence-corrected chi connectivity index (χ3v) is 12.6. The lowest BCUT2D eigenvalue weighted by molar-refractivity contribution is -0.316. The highest BCUT2D eigenvalue weighted by molar-refractivity contribution is 5.88. The minimum Gasteiger partial charge on any atom is -0.472 e. The summed E-state index contributed by atoms with van der Waals surface area (Å²) in [5.41, 5.74) is -6.93. The number of rotatable bonds is 7. The van der Waals surface area contributed by atoms with Gasteiger partial charge in [0.2, 0.25) is 6.10 Å². The van der Waals surface area contributed by atoms with Crippen molar-refractivity contribution in [2.45, 2.75) is 110 Å². The fourth-order valence-electron chi connectivity index (χ4n) is 10.6. The molecule has 1 aromatic rings. The molecule has 0 amide bonds. The van der Waals surface area contributed by atoms with Crippen LogP contribution in [-0.4, -0.2) is 76.7 Å². The van der Waals surface area contributed by atoms with Crippen molar-refractivity contribution < 1.29 is 62.3 Å². The highest BCUT2D eigenvalue weighted by atomic mass is 16.6. The molecule has 2 heterocycles. The molecule has 3 saturated carbocycles. The van der Waals surface area contributed by atoms with Crippen molar-refractivity contribution in [3.05, 3.63) is 47.0 Å². The Morgan fingerprint density at radius 2 is 1.71 bits per heavy atom. The Balaban J connectivity index is 1.71. The fourth-order valence-corrected chi connectivity index (χ4v) is 10.6. The maximum atomic E-state index is 13.9. The normalized spacial score (nSPS) is 42.1. The lowest BCUT2D eigenvalue weighted by atomic mass is 9.40. The quantitative estimate of drug-likeness (QED) is 0.184. The van der Waals surface area contributed by atoms with Gasteiger partial charge in [0.1, 0.15) is 17.8 Å². The molecule has 0 radical (unpaired) electrons. The number of aliphatic hydroxyl groups is 2. The van der Waals surface area contributed by atoms with Crippen molar-refractivity contribution in [1.29, 1.82) is 0 Å². The van der Waals surface area contributed by atoms with Gasteiger partial charge in [0.25, 0.3) is 0 Å². The first-order chi connectivity index (χ1) is 22.9. The zero-order valence-corrected chi connectivity index (χ0v) is 29.0. The topological polar surface area (TPSA) is 185 Å². The maximum absolute atomic E-state index is 13.9. The van der Waals surface area contributed by atoms with E-state index in [1.165, 1.54) is 32.6 Å². The van der Waals surface area contributed by atoms with Crippen LogP contribution in [0.4, 0.5) is 0 Å². The first-order valence-electron chi connectivity index (χ1n) is 16.5. The first-order valence-corrected chi connectivity index (χ1v) is 16.5. The molecule has 1 unspecified atom stereocenters. The number of allylic oxidation sites excluding steroid dienone is 1. The molecule has 11 atom stereocenters. The summed E-state index contributed by atoms with van der Waals surface area (Å²) in [6, 6.07) is 1.65. The lowest BCUT2D eigenvalue weighted by Crippen LogP contribution is -2.80. The van der Waals surface area contributed by atoms with E-state index < -0.39 is 93.5 Å². The summed E-state index contributed by atoms with van der Waals surface area (Å²) in [6.45, 7) is 10.9. The van der Waals surface area contributed by atoms with Crippen LogP contribution >= 0.6 is 0 Å². The SMILES string of the molecule is C/C=C(\C)C(=O)O[C@H]1[C@]2(C)C[C@@]3(O)[C@]1(O)[C@@H](OC(C)=O)C1=C4[C@@H](OC(C)=O)C(=O)O[C@@H](c5ccoc5)[C@]4(C)CCC1[C@@]3(C)[C@H]2CC(=O)OC. The predicted octanol–water partition coefficient (Wildman–Crippen LogP) is 3.42. The number of methoxy groups -OCH3 is 1. The summed E-state index contributed by atoms with van der Waals surface area (Å²) in [5.74, 6) is -5.28. The number of carbonyl (C=O) groups is 5. The number of furan rings is 1. The first kappa shape index (κ1) is 34.9. The zero-order valence-electron chi connectivity index (χ0n) is 29.0.